The zero-order chi connectivity index (χ0) is 16.6. The molecule has 0 bridgehead atoms. The summed E-state index contributed by atoms with van der Waals surface area (Å²) in [5.74, 6) is 0.784. The summed E-state index contributed by atoms with van der Waals surface area (Å²) >= 11 is 7.81. The van der Waals surface area contributed by atoms with E-state index in [1.807, 2.05) is 30.9 Å². The summed E-state index contributed by atoms with van der Waals surface area (Å²) < 4.78 is 5.81. The SMILES string of the molecule is Cc1cc(Cl)cc(C)c1OCC(=O)N1CCc2sccc2[C@H]1C. The van der Waals surface area contributed by atoms with Gasteiger partial charge in [0.1, 0.15) is 5.75 Å². The van der Waals surface area contributed by atoms with Crippen LogP contribution >= 0.6 is 22.9 Å². The van der Waals surface area contributed by atoms with Gasteiger partial charge < -0.3 is 9.64 Å². The van der Waals surface area contributed by atoms with Crippen molar-refractivity contribution in [3.8, 4) is 5.75 Å². The number of nitrogens with zero attached hydrogens (tertiary/aromatic N) is 1. The van der Waals surface area contributed by atoms with Crippen molar-refractivity contribution >= 4 is 28.8 Å². The highest BCUT2D eigenvalue weighted by atomic mass is 35.5. The molecule has 3 nitrogen and oxygen atoms in total. The van der Waals surface area contributed by atoms with Crippen LogP contribution in [0.2, 0.25) is 5.02 Å². The maximum absolute atomic E-state index is 12.6. The molecular weight excluding hydrogens is 330 g/mol. The number of halogens is 1. The summed E-state index contributed by atoms with van der Waals surface area (Å²) in [6.07, 6.45) is 0.933. The van der Waals surface area contributed by atoms with Crippen LogP contribution in [0.3, 0.4) is 0 Å². The molecule has 0 spiro atoms. The number of carbonyl (C=O) groups excluding carboxylic acids is 1. The molecule has 122 valence electrons. The number of amides is 1. The second kappa shape index (κ2) is 6.54. The minimum absolute atomic E-state index is 0.0306. The van der Waals surface area contributed by atoms with Gasteiger partial charge in [-0.3, -0.25) is 4.79 Å². The lowest BCUT2D eigenvalue weighted by Gasteiger charge is -2.33. The van der Waals surface area contributed by atoms with Crippen molar-refractivity contribution in [2.24, 2.45) is 0 Å². The second-order valence-electron chi connectivity index (χ2n) is 5.97. The van der Waals surface area contributed by atoms with Crippen LogP contribution in [0.5, 0.6) is 5.75 Å². The molecule has 0 fully saturated rings. The molecule has 5 heteroatoms. The van der Waals surface area contributed by atoms with Crippen molar-refractivity contribution in [1.82, 2.24) is 4.90 Å². The molecular formula is C18H20ClNO2S. The quantitative estimate of drug-likeness (QED) is 0.814. The molecule has 2 heterocycles. The van der Waals surface area contributed by atoms with Crippen LogP contribution < -0.4 is 4.74 Å². The van der Waals surface area contributed by atoms with E-state index >= 15 is 0 Å². The first-order chi connectivity index (χ1) is 11.0. The van der Waals surface area contributed by atoms with Gasteiger partial charge in [0, 0.05) is 16.4 Å². The first-order valence-corrected chi connectivity index (χ1v) is 8.98. The Balaban J connectivity index is 1.69. The molecule has 23 heavy (non-hydrogen) atoms. The predicted molar refractivity (Wildman–Crippen MR) is 94.6 cm³/mol. The molecule has 1 amide bonds. The van der Waals surface area contributed by atoms with Crippen molar-refractivity contribution in [2.75, 3.05) is 13.2 Å². The standard InChI is InChI=1S/C18H20ClNO2S/c1-11-8-14(19)9-12(2)18(11)22-10-17(21)20-6-4-16-15(13(20)3)5-7-23-16/h5,7-9,13H,4,6,10H2,1-3H3/t13-/m1/s1. The highest BCUT2D eigenvalue weighted by Gasteiger charge is 2.28. The van der Waals surface area contributed by atoms with E-state index in [-0.39, 0.29) is 18.6 Å². The van der Waals surface area contributed by atoms with Gasteiger partial charge in [0.25, 0.3) is 5.91 Å². The highest BCUT2D eigenvalue weighted by molar-refractivity contribution is 7.10. The smallest absolute Gasteiger partial charge is 0.261 e. The third-order valence-electron chi connectivity index (χ3n) is 4.36. The first kappa shape index (κ1) is 16.3. The summed E-state index contributed by atoms with van der Waals surface area (Å²) in [6.45, 7) is 6.80. The number of hydrogen-bond donors (Lipinski definition) is 0. The molecule has 3 rings (SSSR count). The highest BCUT2D eigenvalue weighted by Crippen LogP contribution is 2.33. The van der Waals surface area contributed by atoms with Gasteiger partial charge in [-0.25, -0.2) is 0 Å². The van der Waals surface area contributed by atoms with E-state index in [4.69, 9.17) is 16.3 Å². The van der Waals surface area contributed by atoms with Crippen LogP contribution in [0.25, 0.3) is 0 Å². The number of hydrogen-bond acceptors (Lipinski definition) is 3. The van der Waals surface area contributed by atoms with Gasteiger partial charge in [-0.2, -0.15) is 0 Å². The molecule has 0 saturated carbocycles. The Morgan fingerprint density at radius 2 is 2.09 bits per heavy atom. The average Bonchev–Trinajstić information content (AvgIpc) is 2.95. The Bertz CT molecular complexity index is 717. The lowest BCUT2D eigenvalue weighted by molar-refractivity contribution is -0.135. The van der Waals surface area contributed by atoms with E-state index in [9.17, 15) is 4.79 Å². The minimum atomic E-state index is 0.0306. The fourth-order valence-electron chi connectivity index (χ4n) is 3.19. The van der Waals surface area contributed by atoms with Crippen LogP contribution in [-0.2, 0) is 11.2 Å². The van der Waals surface area contributed by atoms with Gasteiger partial charge in [-0.1, -0.05) is 11.6 Å². The lowest BCUT2D eigenvalue weighted by Crippen LogP contribution is -2.40. The van der Waals surface area contributed by atoms with Crippen LogP contribution in [0.4, 0.5) is 0 Å². The van der Waals surface area contributed by atoms with Crippen LogP contribution in [-0.4, -0.2) is 24.0 Å². The number of ether oxygens (including phenoxy) is 1. The molecule has 2 aromatic rings. The summed E-state index contributed by atoms with van der Waals surface area (Å²) in [5.41, 5.74) is 3.18. The number of fused-ring (bicyclic) bond motifs is 1. The number of rotatable bonds is 3. The van der Waals surface area contributed by atoms with Crippen LogP contribution in [0.1, 0.15) is 34.5 Å². The Morgan fingerprint density at radius 3 is 2.78 bits per heavy atom. The molecule has 1 aliphatic heterocycles. The predicted octanol–water partition coefficient (Wildman–Crippen LogP) is 4.54. The monoisotopic (exact) mass is 349 g/mol. The number of aryl methyl sites for hydroxylation is 2. The van der Waals surface area contributed by atoms with Crippen LogP contribution in [0.15, 0.2) is 23.6 Å². The Hall–Kier alpha value is -1.52. The first-order valence-electron chi connectivity index (χ1n) is 7.72. The fraction of sp³-hybridized carbons (Fsp3) is 0.389. The maximum atomic E-state index is 12.6. The van der Waals surface area contributed by atoms with E-state index in [2.05, 4.69) is 18.4 Å². The molecule has 1 aromatic heterocycles. The largest absolute Gasteiger partial charge is 0.483 e. The number of carbonyl (C=O) groups is 1. The Morgan fingerprint density at radius 1 is 1.39 bits per heavy atom. The zero-order valence-corrected chi connectivity index (χ0v) is 15.1. The summed E-state index contributed by atoms with van der Waals surface area (Å²) in [6, 6.07) is 5.96. The van der Waals surface area contributed by atoms with Crippen LogP contribution in [0, 0.1) is 13.8 Å². The average molecular weight is 350 g/mol. The second-order valence-corrected chi connectivity index (χ2v) is 7.41. The molecule has 1 aliphatic rings. The molecule has 0 saturated heterocycles. The minimum Gasteiger partial charge on any atom is -0.483 e. The van der Waals surface area contributed by atoms with E-state index in [1.165, 1.54) is 10.4 Å². The number of benzene rings is 1. The summed E-state index contributed by atoms with van der Waals surface area (Å²) in [4.78, 5) is 15.9. The normalized spacial score (nSPS) is 17.0. The molecule has 0 N–H and O–H groups in total. The lowest BCUT2D eigenvalue weighted by atomic mass is 10.0. The number of thiophene rings is 1. The van der Waals surface area contributed by atoms with Crippen molar-refractivity contribution in [2.45, 2.75) is 33.2 Å². The van der Waals surface area contributed by atoms with Gasteiger partial charge in [-0.15, -0.1) is 11.3 Å². The third-order valence-corrected chi connectivity index (χ3v) is 5.58. The van der Waals surface area contributed by atoms with Crippen molar-refractivity contribution < 1.29 is 9.53 Å². The Kier molecular flexibility index (Phi) is 4.64. The van der Waals surface area contributed by atoms with E-state index < -0.39 is 0 Å². The maximum Gasteiger partial charge on any atom is 0.261 e. The van der Waals surface area contributed by atoms with Crippen molar-refractivity contribution in [3.05, 3.63) is 50.2 Å². The molecule has 0 unspecified atom stereocenters. The Labute approximate surface area is 145 Å². The molecule has 0 aliphatic carbocycles. The summed E-state index contributed by atoms with van der Waals surface area (Å²) in [7, 11) is 0. The van der Waals surface area contributed by atoms with Crippen molar-refractivity contribution in [3.63, 3.8) is 0 Å². The van der Waals surface area contributed by atoms with Gasteiger partial charge in [-0.05, 0) is 67.5 Å². The topological polar surface area (TPSA) is 29.5 Å². The zero-order valence-electron chi connectivity index (χ0n) is 13.6. The van der Waals surface area contributed by atoms with E-state index in [0.29, 0.717) is 5.02 Å². The van der Waals surface area contributed by atoms with Gasteiger partial charge >= 0.3 is 0 Å². The van der Waals surface area contributed by atoms with E-state index in [0.717, 1.165) is 29.8 Å². The van der Waals surface area contributed by atoms with E-state index in [1.54, 1.807) is 11.3 Å². The third kappa shape index (κ3) is 3.24. The van der Waals surface area contributed by atoms with Gasteiger partial charge in [0.2, 0.25) is 0 Å². The van der Waals surface area contributed by atoms with Crippen molar-refractivity contribution in [1.29, 1.82) is 0 Å². The molecule has 1 atom stereocenters. The molecule has 1 aromatic carbocycles. The summed E-state index contributed by atoms with van der Waals surface area (Å²) in [5, 5.41) is 2.79. The van der Waals surface area contributed by atoms with Gasteiger partial charge in [0.15, 0.2) is 6.61 Å². The fourth-order valence-corrected chi connectivity index (χ4v) is 4.48. The van der Waals surface area contributed by atoms with Gasteiger partial charge in [0.05, 0.1) is 6.04 Å². The molecule has 0 radical (unpaired) electrons.